The van der Waals surface area contributed by atoms with Crippen LogP contribution in [-0.2, 0) is 9.59 Å². The van der Waals surface area contributed by atoms with Gasteiger partial charge in [0.05, 0.1) is 13.1 Å². The maximum Gasteiger partial charge on any atom is 0.282 e. The van der Waals surface area contributed by atoms with Crippen molar-refractivity contribution in [1.82, 2.24) is 0 Å². The summed E-state index contributed by atoms with van der Waals surface area (Å²) < 4.78 is 0. The predicted octanol–water partition coefficient (Wildman–Crippen LogP) is 1.10. The van der Waals surface area contributed by atoms with Crippen LogP contribution in [0.2, 0.25) is 10.0 Å². The molecule has 120 valence electrons. The SMILES string of the molecule is C[C@H](C(=O)Nc1cc(Cl)cc(Cl)c1)[NH+]1CCC(C(N)=O)CC1. The topological polar surface area (TPSA) is 76.6 Å². The van der Waals surface area contributed by atoms with Gasteiger partial charge in [-0.05, 0) is 25.1 Å². The molecule has 0 saturated carbocycles. The molecule has 1 atom stereocenters. The molecule has 5 nitrogen and oxygen atoms in total. The van der Waals surface area contributed by atoms with E-state index >= 15 is 0 Å². The van der Waals surface area contributed by atoms with Crippen molar-refractivity contribution in [2.45, 2.75) is 25.8 Å². The highest BCUT2D eigenvalue weighted by Gasteiger charge is 2.32. The zero-order valence-electron chi connectivity index (χ0n) is 12.4. The van der Waals surface area contributed by atoms with Crippen LogP contribution in [-0.4, -0.2) is 30.9 Å². The van der Waals surface area contributed by atoms with Gasteiger partial charge in [0.2, 0.25) is 5.91 Å². The van der Waals surface area contributed by atoms with Crippen molar-refractivity contribution >= 4 is 40.7 Å². The number of nitrogens with two attached hydrogens (primary N) is 1. The highest BCUT2D eigenvalue weighted by molar-refractivity contribution is 6.35. The minimum Gasteiger partial charge on any atom is -0.369 e. The number of quaternary nitrogens is 1. The Hall–Kier alpha value is -1.30. The van der Waals surface area contributed by atoms with Crippen molar-refractivity contribution in [1.29, 1.82) is 0 Å². The lowest BCUT2D eigenvalue weighted by atomic mass is 9.95. The molecule has 7 heteroatoms. The molecule has 0 radical (unpaired) electrons. The zero-order chi connectivity index (χ0) is 16.3. The molecule has 1 fully saturated rings. The number of primary amides is 1. The van der Waals surface area contributed by atoms with Crippen molar-refractivity contribution in [2.24, 2.45) is 11.7 Å². The van der Waals surface area contributed by atoms with Crippen LogP contribution in [0.4, 0.5) is 5.69 Å². The Bertz CT molecular complexity index is 552. The average molecular weight is 345 g/mol. The second kappa shape index (κ2) is 7.31. The van der Waals surface area contributed by atoms with Gasteiger partial charge in [0.1, 0.15) is 0 Å². The van der Waals surface area contributed by atoms with Crippen LogP contribution in [0.5, 0.6) is 0 Å². The summed E-state index contributed by atoms with van der Waals surface area (Å²) in [5, 5.41) is 3.79. The smallest absolute Gasteiger partial charge is 0.282 e. The van der Waals surface area contributed by atoms with Gasteiger partial charge < -0.3 is 16.0 Å². The average Bonchev–Trinajstić information content (AvgIpc) is 2.45. The highest BCUT2D eigenvalue weighted by atomic mass is 35.5. The van der Waals surface area contributed by atoms with E-state index in [2.05, 4.69) is 5.32 Å². The quantitative estimate of drug-likeness (QED) is 0.764. The number of halogens is 2. The summed E-state index contributed by atoms with van der Waals surface area (Å²) in [5.74, 6) is -0.402. The van der Waals surface area contributed by atoms with Crippen molar-refractivity contribution in [3.63, 3.8) is 0 Å². The summed E-state index contributed by atoms with van der Waals surface area (Å²) >= 11 is 11.8. The molecule has 0 aliphatic carbocycles. The molecule has 22 heavy (non-hydrogen) atoms. The van der Waals surface area contributed by atoms with Gasteiger partial charge in [0.25, 0.3) is 5.91 Å². The fourth-order valence-corrected chi connectivity index (χ4v) is 3.29. The molecule has 1 aromatic rings. The molecule has 1 heterocycles. The Kier molecular flexibility index (Phi) is 5.67. The largest absolute Gasteiger partial charge is 0.369 e. The minimum absolute atomic E-state index is 0.0641. The summed E-state index contributed by atoms with van der Waals surface area (Å²) in [6, 6.07) is 4.72. The molecule has 2 rings (SSSR count). The number of rotatable bonds is 4. The number of carbonyl (C=O) groups excluding carboxylic acids is 2. The summed E-state index contributed by atoms with van der Waals surface area (Å²) in [7, 11) is 0. The number of hydrogen-bond acceptors (Lipinski definition) is 2. The van der Waals surface area contributed by atoms with E-state index in [0.717, 1.165) is 30.8 Å². The van der Waals surface area contributed by atoms with E-state index in [4.69, 9.17) is 28.9 Å². The highest BCUT2D eigenvalue weighted by Crippen LogP contribution is 2.22. The summed E-state index contributed by atoms with van der Waals surface area (Å²) in [5.41, 5.74) is 5.91. The molecular formula is C15H20Cl2N3O2+. The third-order valence-electron chi connectivity index (χ3n) is 4.17. The maximum atomic E-state index is 12.3. The van der Waals surface area contributed by atoms with Gasteiger partial charge in [0, 0.05) is 34.5 Å². The van der Waals surface area contributed by atoms with Gasteiger partial charge >= 0.3 is 0 Å². The lowest BCUT2D eigenvalue weighted by Crippen LogP contribution is -3.17. The molecule has 1 saturated heterocycles. The van der Waals surface area contributed by atoms with E-state index < -0.39 is 0 Å². The maximum absolute atomic E-state index is 12.3. The van der Waals surface area contributed by atoms with Crippen LogP contribution in [0.15, 0.2) is 18.2 Å². The van der Waals surface area contributed by atoms with Gasteiger partial charge in [0.15, 0.2) is 6.04 Å². The Labute approximate surface area is 139 Å². The molecule has 0 bridgehead atoms. The fourth-order valence-electron chi connectivity index (χ4n) is 2.77. The van der Waals surface area contributed by atoms with Crippen LogP contribution in [0, 0.1) is 5.92 Å². The monoisotopic (exact) mass is 344 g/mol. The molecular weight excluding hydrogens is 325 g/mol. The number of carbonyl (C=O) groups is 2. The number of benzene rings is 1. The van der Waals surface area contributed by atoms with Crippen molar-refractivity contribution in [3.8, 4) is 0 Å². The standard InChI is InChI=1S/C15H19Cl2N3O2/c1-9(20-4-2-10(3-5-20)14(18)21)15(22)19-13-7-11(16)6-12(17)8-13/h6-10H,2-5H2,1H3,(H2,18,21)(H,19,22)/p+1/t9-/m1/s1. The zero-order valence-corrected chi connectivity index (χ0v) is 13.9. The Morgan fingerprint density at radius 2 is 1.77 bits per heavy atom. The molecule has 1 aromatic carbocycles. The van der Waals surface area contributed by atoms with Gasteiger partial charge in [-0.2, -0.15) is 0 Å². The first-order valence-electron chi connectivity index (χ1n) is 7.27. The molecule has 2 amide bonds. The van der Waals surface area contributed by atoms with E-state index in [1.165, 1.54) is 0 Å². The lowest BCUT2D eigenvalue weighted by Gasteiger charge is -2.31. The van der Waals surface area contributed by atoms with Crippen LogP contribution in [0.1, 0.15) is 19.8 Å². The van der Waals surface area contributed by atoms with E-state index in [9.17, 15) is 9.59 Å². The van der Waals surface area contributed by atoms with Gasteiger partial charge in [-0.25, -0.2) is 0 Å². The first kappa shape index (κ1) is 17.1. The number of anilines is 1. The molecule has 0 spiro atoms. The van der Waals surface area contributed by atoms with Gasteiger partial charge in [-0.3, -0.25) is 9.59 Å². The van der Waals surface area contributed by atoms with E-state index in [0.29, 0.717) is 15.7 Å². The molecule has 0 unspecified atom stereocenters. The number of piperidine rings is 1. The second-order valence-electron chi connectivity index (χ2n) is 5.70. The van der Waals surface area contributed by atoms with E-state index in [1.807, 2.05) is 6.92 Å². The third-order valence-corrected chi connectivity index (χ3v) is 4.60. The van der Waals surface area contributed by atoms with Crippen LogP contribution >= 0.6 is 23.2 Å². The predicted molar refractivity (Wildman–Crippen MR) is 87.2 cm³/mol. The number of hydrogen-bond donors (Lipinski definition) is 3. The third kappa shape index (κ3) is 4.35. The van der Waals surface area contributed by atoms with Crippen molar-refractivity contribution in [2.75, 3.05) is 18.4 Å². The van der Waals surface area contributed by atoms with Crippen molar-refractivity contribution in [3.05, 3.63) is 28.2 Å². The van der Waals surface area contributed by atoms with Gasteiger partial charge in [-0.15, -0.1) is 0 Å². The minimum atomic E-state index is -0.246. The van der Waals surface area contributed by atoms with Crippen LogP contribution in [0.25, 0.3) is 0 Å². The summed E-state index contributed by atoms with van der Waals surface area (Å²) in [6.45, 7) is 3.40. The van der Waals surface area contributed by atoms with Crippen molar-refractivity contribution < 1.29 is 14.5 Å². The lowest BCUT2D eigenvalue weighted by molar-refractivity contribution is -0.919. The summed E-state index contributed by atoms with van der Waals surface area (Å²) in [4.78, 5) is 24.7. The number of nitrogens with one attached hydrogen (secondary N) is 2. The first-order valence-corrected chi connectivity index (χ1v) is 8.03. The fraction of sp³-hybridized carbons (Fsp3) is 0.467. The Balaban J connectivity index is 1.94. The Morgan fingerprint density at radius 3 is 2.27 bits per heavy atom. The van der Waals surface area contributed by atoms with Crippen LogP contribution in [0.3, 0.4) is 0 Å². The van der Waals surface area contributed by atoms with E-state index in [-0.39, 0.29) is 23.8 Å². The molecule has 1 aliphatic heterocycles. The van der Waals surface area contributed by atoms with Crippen LogP contribution < -0.4 is 16.0 Å². The molecule has 0 aromatic heterocycles. The molecule has 4 N–H and O–H groups in total. The number of likely N-dealkylation sites (tertiary alicyclic amines) is 1. The summed E-state index contributed by atoms with van der Waals surface area (Å²) in [6.07, 6.45) is 1.45. The normalized spacial score (nSPS) is 22.9. The number of amides is 2. The van der Waals surface area contributed by atoms with Gasteiger partial charge in [-0.1, -0.05) is 23.2 Å². The molecule has 1 aliphatic rings. The Morgan fingerprint density at radius 1 is 1.23 bits per heavy atom. The first-order chi connectivity index (χ1) is 10.4. The second-order valence-corrected chi connectivity index (χ2v) is 6.58. The van der Waals surface area contributed by atoms with E-state index in [1.54, 1.807) is 18.2 Å².